The van der Waals surface area contributed by atoms with Gasteiger partial charge in [0.05, 0.1) is 0 Å². The number of Topliss-reactive ketones (excluding diaryl/α,β-unsaturated/α-hetero) is 1. The van der Waals surface area contributed by atoms with Crippen LogP contribution in [0.1, 0.15) is 18.1 Å². The molecule has 0 saturated carbocycles. The van der Waals surface area contributed by atoms with Crippen molar-refractivity contribution in [3.63, 3.8) is 0 Å². The Kier molecular flexibility index (Phi) is 4.31. The Morgan fingerprint density at radius 3 is 1.72 bits per heavy atom. The Bertz CT molecular complexity index is 571. The molecule has 0 atom stereocenters. The average Bonchev–Trinajstić information content (AvgIpc) is 2.40. The minimum absolute atomic E-state index is 0.0921. The van der Waals surface area contributed by atoms with Gasteiger partial charge in [0.15, 0.2) is 5.78 Å². The van der Waals surface area contributed by atoms with Crippen LogP contribution in [-0.4, -0.2) is 5.78 Å². The highest BCUT2D eigenvalue weighted by Crippen LogP contribution is 2.32. The summed E-state index contributed by atoms with van der Waals surface area (Å²) < 4.78 is 0.992. The van der Waals surface area contributed by atoms with Gasteiger partial charge in [0, 0.05) is 9.15 Å². The standard InChI is InChI=1S/C16H13IO/c1-12(18)15(13-8-4-2-5-9-13)16(17)14-10-6-3-7-11-14/h2-11H,1H3/b16-15+. The fraction of sp³-hybridized carbons (Fsp3) is 0.0625. The number of benzene rings is 2. The van der Waals surface area contributed by atoms with Crippen molar-refractivity contribution in [2.75, 3.05) is 0 Å². The predicted molar refractivity (Wildman–Crippen MR) is 84.4 cm³/mol. The molecule has 2 heteroatoms. The number of halogens is 1. The minimum Gasteiger partial charge on any atom is -0.294 e. The zero-order valence-electron chi connectivity index (χ0n) is 10.1. The van der Waals surface area contributed by atoms with Crippen LogP contribution in [0.4, 0.5) is 0 Å². The van der Waals surface area contributed by atoms with Crippen molar-refractivity contribution < 1.29 is 4.79 Å². The lowest BCUT2D eigenvalue weighted by Crippen LogP contribution is -1.98. The number of hydrogen-bond donors (Lipinski definition) is 0. The molecule has 0 spiro atoms. The lowest BCUT2D eigenvalue weighted by molar-refractivity contribution is -0.111. The van der Waals surface area contributed by atoms with Gasteiger partial charge in [-0.15, -0.1) is 0 Å². The summed E-state index contributed by atoms with van der Waals surface area (Å²) in [6, 6.07) is 19.8. The first-order valence-corrected chi connectivity index (χ1v) is 6.79. The molecule has 0 saturated heterocycles. The van der Waals surface area contributed by atoms with Crippen molar-refractivity contribution in [1.29, 1.82) is 0 Å². The summed E-state index contributed by atoms with van der Waals surface area (Å²) in [5, 5.41) is 0. The van der Waals surface area contributed by atoms with Gasteiger partial charge >= 0.3 is 0 Å². The molecule has 0 bridgehead atoms. The van der Waals surface area contributed by atoms with Gasteiger partial charge in [-0.3, -0.25) is 4.79 Å². The molecule has 0 aromatic heterocycles. The van der Waals surface area contributed by atoms with Gasteiger partial charge in [-0.1, -0.05) is 60.7 Å². The SMILES string of the molecule is CC(=O)/C(=C(\I)c1ccccc1)c1ccccc1. The van der Waals surface area contributed by atoms with Crippen LogP contribution in [0.2, 0.25) is 0 Å². The third-order valence-corrected chi connectivity index (χ3v) is 3.82. The van der Waals surface area contributed by atoms with Crippen LogP contribution in [0.15, 0.2) is 60.7 Å². The van der Waals surface area contributed by atoms with E-state index >= 15 is 0 Å². The smallest absolute Gasteiger partial charge is 0.161 e. The van der Waals surface area contributed by atoms with E-state index in [9.17, 15) is 4.79 Å². The van der Waals surface area contributed by atoms with E-state index in [0.29, 0.717) is 0 Å². The third kappa shape index (κ3) is 2.88. The van der Waals surface area contributed by atoms with E-state index in [-0.39, 0.29) is 5.78 Å². The predicted octanol–water partition coefficient (Wildman–Crippen LogP) is 4.58. The zero-order valence-corrected chi connectivity index (χ0v) is 12.2. The van der Waals surface area contributed by atoms with E-state index in [1.165, 1.54) is 0 Å². The molecule has 0 amide bonds. The Hall–Kier alpha value is -1.42. The molecule has 18 heavy (non-hydrogen) atoms. The molecule has 2 aromatic rings. The van der Waals surface area contributed by atoms with Crippen LogP contribution in [-0.2, 0) is 4.79 Å². The zero-order chi connectivity index (χ0) is 13.0. The molecule has 0 aliphatic rings. The molecule has 0 fully saturated rings. The molecule has 90 valence electrons. The summed E-state index contributed by atoms with van der Waals surface area (Å²) >= 11 is 2.25. The number of carbonyl (C=O) groups excluding carboxylic acids is 1. The lowest BCUT2D eigenvalue weighted by atomic mass is 10.00. The van der Waals surface area contributed by atoms with Crippen LogP contribution in [0.25, 0.3) is 9.15 Å². The first-order valence-electron chi connectivity index (χ1n) is 5.71. The molecular weight excluding hydrogens is 335 g/mol. The third-order valence-electron chi connectivity index (χ3n) is 2.66. The highest BCUT2D eigenvalue weighted by Gasteiger charge is 2.13. The van der Waals surface area contributed by atoms with Gasteiger partial charge < -0.3 is 0 Å². The van der Waals surface area contributed by atoms with E-state index in [0.717, 1.165) is 20.3 Å². The molecule has 0 aliphatic carbocycles. The molecule has 0 heterocycles. The number of ketones is 1. The Labute approximate surface area is 121 Å². The van der Waals surface area contributed by atoms with Crippen LogP contribution in [0.5, 0.6) is 0 Å². The largest absolute Gasteiger partial charge is 0.294 e. The van der Waals surface area contributed by atoms with E-state index < -0.39 is 0 Å². The summed E-state index contributed by atoms with van der Waals surface area (Å²) in [5.41, 5.74) is 2.83. The monoisotopic (exact) mass is 348 g/mol. The summed E-state index contributed by atoms with van der Waals surface area (Å²) in [6.45, 7) is 1.62. The van der Waals surface area contributed by atoms with E-state index in [4.69, 9.17) is 0 Å². The quantitative estimate of drug-likeness (QED) is 0.451. The normalized spacial score (nSPS) is 11.9. The van der Waals surface area contributed by atoms with Gasteiger partial charge in [0.25, 0.3) is 0 Å². The maximum atomic E-state index is 11.9. The highest BCUT2D eigenvalue weighted by molar-refractivity contribution is 14.1. The van der Waals surface area contributed by atoms with Crippen molar-refractivity contribution >= 4 is 37.5 Å². The summed E-state index contributed by atoms with van der Waals surface area (Å²) in [7, 11) is 0. The molecule has 0 radical (unpaired) electrons. The fourth-order valence-corrected chi connectivity index (χ4v) is 2.87. The fourth-order valence-electron chi connectivity index (χ4n) is 1.82. The first-order chi connectivity index (χ1) is 8.70. The van der Waals surface area contributed by atoms with Crippen LogP contribution >= 0.6 is 22.6 Å². The maximum absolute atomic E-state index is 11.9. The summed E-state index contributed by atoms with van der Waals surface area (Å²) in [4.78, 5) is 11.9. The molecule has 1 nitrogen and oxygen atoms in total. The van der Waals surface area contributed by atoms with Crippen molar-refractivity contribution in [3.05, 3.63) is 71.8 Å². The Morgan fingerprint density at radius 1 is 0.833 bits per heavy atom. The van der Waals surface area contributed by atoms with Gasteiger partial charge in [-0.2, -0.15) is 0 Å². The van der Waals surface area contributed by atoms with Crippen molar-refractivity contribution in [2.45, 2.75) is 6.92 Å². The van der Waals surface area contributed by atoms with Crippen molar-refractivity contribution in [1.82, 2.24) is 0 Å². The molecule has 2 aromatic carbocycles. The molecule has 0 N–H and O–H groups in total. The second-order valence-corrected chi connectivity index (χ2v) is 5.06. The van der Waals surface area contributed by atoms with Gasteiger partial charge in [-0.25, -0.2) is 0 Å². The molecule has 0 aliphatic heterocycles. The number of allylic oxidation sites excluding steroid dienone is 1. The Balaban J connectivity index is 2.58. The number of rotatable bonds is 3. The molecule has 2 rings (SSSR count). The second kappa shape index (κ2) is 5.96. The summed E-state index contributed by atoms with van der Waals surface area (Å²) in [5.74, 6) is 0.0921. The molecular formula is C16H13IO. The van der Waals surface area contributed by atoms with Gasteiger partial charge in [0.1, 0.15) is 0 Å². The number of carbonyl (C=O) groups is 1. The van der Waals surface area contributed by atoms with Gasteiger partial charge in [0.2, 0.25) is 0 Å². The minimum atomic E-state index is 0.0921. The Morgan fingerprint density at radius 2 is 1.28 bits per heavy atom. The van der Waals surface area contributed by atoms with E-state index in [1.807, 2.05) is 60.7 Å². The summed E-state index contributed by atoms with van der Waals surface area (Å²) in [6.07, 6.45) is 0. The van der Waals surface area contributed by atoms with E-state index in [1.54, 1.807) is 6.92 Å². The van der Waals surface area contributed by atoms with Gasteiger partial charge in [-0.05, 0) is 40.6 Å². The average molecular weight is 348 g/mol. The number of hydrogen-bond acceptors (Lipinski definition) is 1. The first kappa shape index (κ1) is 13.0. The lowest BCUT2D eigenvalue weighted by Gasteiger charge is -2.08. The van der Waals surface area contributed by atoms with Crippen molar-refractivity contribution in [2.24, 2.45) is 0 Å². The van der Waals surface area contributed by atoms with Crippen molar-refractivity contribution in [3.8, 4) is 0 Å². The van der Waals surface area contributed by atoms with Crippen LogP contribution in [0, 0.1) is 0 Å². The topological polar surface area (TPSA) is 17.1 Å². The second-order valence-electron chi connectivity index (χ2n) is 3.98. The van der Waals surface area contributed by atoms with Crippen LogP contribution in [0.3, 0.4) is 0 Å². The maximum Gasteiger partial charge on any atom is 0.161 e. The molecule has 0 unspecified atom stereocenters. The van der Waals surface area contributed by atoms with Crippen LogP contribution < -0.4 is 0 Å². The van der Waals surface area contributed by atoms with E-state index in [2.05, 4.69) is 22.6 Å². The highest BCUT2D eigenvalue weighted by atomic mass is 127.